The third-order valence-corrected chi connectivity index (χ3v) is 4.68. The molecular formula is C18H17NO4S. The highest BCUT2D eigenvalue weighted by molar-refractivity contribution is 7.85. The van der Waals surface area contributed by atoms with Crippen LogP contribution in [0.25, 0.3) is 22.7 Å². The molecule has 0 spiro atoms. The molecule has 0 atom stereocenters. The standard InChI is InChI=1S/C18H17NO4S/c1-3-13-9-10-15(24(20,21)22)11-16(13)17-12(2)23-18(19-17)14-7-5-4-6-8-14/h4-11H,3H2,1-2H3,(H,20,21,22). The number of benzene rings is 2. The van der Waals surface area contributed by atoms with Crippen molar-refractivity contribution in [1.29, 1.82) is 0 Å². The SMILES string of the molecule is CCc1ccc(S(=O)(=O)O)cc1-c1nc(-c2ccccc2)oc1C. The molecule has 0 saturated carbocycles. The number of hydrogen-bond acceptors (Lipinski definition) is 4. The third-order valence-electron chi connectivity index (χ3n) is 3.83. The second-order valence-electron chi connectivity index (χ2n) is 5.44. The van der Waals surface area contributed by atoms with Gasteiger partial charge < -0.3 is 4.42 Å². The monoisotopic (exact) mass is 343 g/mol. The Balaban J connectivity index is 2.17. The molecule has 0 saturated heterocycles. The van der Waals surface area contributed by atoms with Crippen molar-refractivity contribution < 1.29 is 17.4 Å². The van der Waals surface area contributed by atoms with Crippen molar-refractivity contribution in [1.82, 2.24) is 4.98 Å². The average molecular weight is 343 g/mol. The maximum absolute atomic E-state index is 11.4. The highest BCUT2D eigenvalue weighted by Gasteiger charge is 2.19. The first-order chi connectivity index (χ1) is 11.4. The van der Waals surface area contributed by atoms with E-state index in [4.69, 9.17) is 4.42 Å². The molecule has 0 aliphatic heterocycles. The lowest BCUT2D eigenvalue weighted by Gasteiger charge is -2.07. The maximum Gasteiger partial charge on any atom is 0.294 e. The van der Waals surface area contributed by atoms with Gasteiger partial charge in [-0.3, -0.25) is 4.55 Å². The molecule has 0 unspecified atom stereocenters. The van der Waals surface area contributed by atoms with Gasteiger partial charge in [-0.15, -0.1) is 0 Å². The van der Waals surface area contributed by atoms with Crippen LogP contribution in [0.2, 0.25) is 0 Å². The van der Waals surface area contributed by atoms with Gasteiger partial charge in [-0.05, 0) is 43.2 Å². The smallest absolute Gasteiger partial charge is 0.294 e. The maximum atomic E-state index is 11.4. The zero-order valence-electron chi connectivity index (χ0n) is 13.4. The summed E-state index contributed by atoms with van der Waals surface area (Å²) in [5.41, 5.74) is 3.00. The van der Waals surface area contributed by atoms with E-state index < -0.39 is 10.1 Å². The summed E-state index contributed by atoms with van der Waals surface area (Å²) < 4.78 is 37.9. The fourth-order valence-corrected chi connectivity index (χ4v) is 3.10. The molecule has 0 fully saturated rings. The van der Waals surface area contributed by atoms with Crippen LogP contribution in [0.15, 0.2) is 57.8 Å². The van der Waals surface area contributed by atoms with E-state index in [1.807, 2.05) is 37.3 Å². The molecule has 1 N–H and O–H groups in total. The van der Waals surface area contributed by atoms with E-state index in [9.17, 15) is 13.0 Å². The third kappa shape index (κ3) is 3.11. The van der Waals surface area contributed by atoms with Crippen molar-refractivity contribution >= 4 is 10.1 Å². The Bertz CT molecular complexity index is 976. The minimum absolute atomic E-state index is 0.154. The summed E-state index contributed by atoms with van der Waals surface area (Å²) in [4.78, 5) is 4.38. The van der Waals surface area contributed by atoms with Crippen LogP contribution in [0, 0.1) is 6.92 Å². The fourth-order valence-electron chi connectivity index (χ4n) is 2.60. The second-order valence-corrected chi connectivity index (χ2v) is 6.86. The van der Waals surface area contributed by atoms with Crippen molar-refractivity contribution in [3.8, 4) is 22.7 Å². The van der Waals surface area contributed by atoms with Crippen LogP contribution in [0.3, 0.4) is 0 Å². The average Bonchev–Trinajstić information content (AvgIpc) is 2.96. The number of aromatic nitrogens is 1. The first kappa shape index (κ1) is 16.4. The van der Waals surface area contributed by atoms with Crippen molar-refractivity contribution in [2.24, 2.45) is 0 Å². The highest BCUT2D eigenvalue weighted by Crippen LogP contribution is 2.32. The zero-order chi connectivity index (χ0) is 17.3. The van der Waals surface area contributed by atoms with Gasteiger partial charge in [-0.25, -0.2) is 4.98 Å². The minimum Gasteiger partial charge on any atom is -0.441 e. The van der Waals surface area contributed by atoms with Crippen LogP contribution >= 0.6 is 0 Å². The summed E-state index contributed by atoms with van der Waals surface area (Å²) in [5, 5.41) is 0. The molecule has 1 heterocycles. The molecular weight excluding hydrogens is 326 g/mol. The van der Waals surface area contributed by atoms with Crippen molar-refractivity contribution in [2.75, 3.05) is 0 Å². The topological polar surface area (TPSA) is 80.4 Å². The molecule has 6 heteroatoms. The van der Waals surface area contributed by atoms with E-state index in [0.717, 1.165) is 11.1 Å². The molecule has 1 aromatic heterocycles. The van der Waals surface area contributed by atoms with Gasteiger partial charge in [0.25, 0.3) is 10.1 Å². The summed E-state index contributed by atoms with van der Waals surface area (Å²) in [5.74, 6) is 1.07. The summed E-state index contributed by atoms with van der Waals surface area (Å²) in [7, 11) is -4.27. The number of rotatable bonds is 4. The van der Waals surface area contributed by atoms with Gasteiger partial charge in [0.15, 0.2) is 0 Å². The van der Waals surface area contributed by atoms with Crippen LogP contribution < -0.4 is 0 Å². The number of hydrogen-bond donors (Lipinski definition) is 1. The summed E-state index contributed by atoms with van der Waals surface area (Å²) in [6.45, 7) is 3.76. The molecule has 3 aromatic rings. The first-order valence-electron chi connectivity index (χ1n) is 7.53. The Hall–Kier alpha value is -2.44. The number of aryl methyl sites for hydroxylation is 2. The van der Waals surface area contributed by atoms with Gasteiger partial charge in [-0.1, -0.05) is 31.2 Å². The zero-order valence-corrected chi connectivity index (χ0v) is 14.2. The predicted octanol–water partition coefficient (Wildman–Crippen LogP) is 4.13. The van der Waals surface area contributed by atoms with Gasteiger partial charge >= 0.3 is 0 Å². The summed E-state index contributed by atoms with van der Waals surface area (Å²) >= 11 is 0. The van der Waals surface area contributed by atoms with Crippen LogP contribution in [0.1, 0.15) is 18.2 Å². The Morgan fingerprint density at radius 3 is 2.46 bits per heavy atom. The molecule has 5 nitrogen and oxygen atoms in total. The Morgan fingerprint density at radius 1 is 1.12 bits per heavy atom. The Kier molecular flexibility index (Phi) is 4.26. The van der Waals surface area contributed by atoms with Gasteiger partial charge in [0, 0.05) is 11.1 Å². The van der Waals surface area contributed by atoms with Crippen molar-refractivity contribution in [3.63, 3.8) is 0 Å². The lowest BCUT2D eigenvalue weighted by atomic mass is 10.0. The van der Waals surface area contributed by atoms with Crippen molar-refractivity contribution in [3.05, 3.63) is 59.9 Å². The summed E-state index contributed by atoms with van der Waals surface area (Å²) in [6.07, 6.45) is 0.702. The molecule has 2 aromatic carbocycles. The van der Waals surface area contributed by atoms with Crippen LogP contribution in [-0.4, -0.2) is 18.0 Å². The lowest BCUT2D eigenvalue weighted by Crippen LogP contribution is -2.00. The molecule has 3 rings (SSSR count). The molecule has 0 aliphatic rings. The van der Waals surface area contributed by atoms with Crippen LogP contribution in [-0.2, 0) is 16.5 Å². The van der Waals surface area contributed by atoms with E-state index in [-0.39, 0.29) is 4.90 Å². The van der Waals surface area contributed by atoms with Gasteiger partial charge in [0.05, 0.1) is 4.90 Å². The van der Waals surface area contributed by atoms with E-state index in [1.54, 1.807) is 13.0 Å². The van der Waals surface area contributed by atoms with Gasteiger partial charge in [0.1, 0.15) is 11.5 Å². The van der Waals surface area contributed by atoms with E-state index in [0.29, 0.717) is 29.3 Å². The second kappa shape index (κ2) is 6.22. The van der Waals surface area contributed by atoms with E-state index in [1.165, 1.54) is 12.1 Å². The lowest BCUT2D eigenvalue weighted by molar-refractivity contribution is 0.483. The number of nitrogens with zero attached hydrogens (tertiary/aromatic N) is 1. The normalized spacial score (nSPS) is 11.6. The molecule has 124 valence electrons. The largest absolute Gasteiger partial charge is 0.441 e. The molecule has 0 bridgehead atoms. The molecule has 0 amide bonds. The van der Waals surface area contributed by atoms with E-state index in [2.05, 4.69) is 4.98 Å². The Labute approximate surface area is 140 Å². The van der Waals surface area contributed by atoms with Crippen molar-refractivity contribution in [2.45, 2.75) is 25.2 Å². The van der Waals surface area contributed by atoms with Gasteiger partial charge in [-0.2, -0.15) is 8.42 Å². The summed E-state index contributed by atoms with van der Waals surface area (Å²) in [6, 6.07) is 14.0. The predicted molar refractivity (Wildman–Crippen MR) is 91.3 cm³/mol. The Morgan fingerprint density at radius 2 is 1.83 bits per heavy atom. The highest BCUT2D eigenvalue weighted by atomic mass is 32.2. The molecule has 0 radical (unpaired) electrons. The fraction of sp³-hybridized carbons (Fsp3) is 0.167. The molecule has 0 aliphatic carbocycles. The van der Waals surface area contributed by atoms with Crippen LogP contribution in [0.5, 0.6) is 0 Å². The quantitative estimate of drug-likeness (QED) is 0.721. The molecule has 24 heavy (non-hydrogen) atoms. The first-order valence-corrected chi connectivity index (χ1v) is 8.97. The number of oxazole rings is 1. The minimum atomic E-state index is -4.27. The van der Waals surface area contributed by atoms with E-state index >= 15 is 0 Å². The van der Waals surface area contributed by atoms with Gasteiger partial charge in [0.2, 0.25) is 5.89 Å². The van der Waals surface area contributed by atoms with Crippen LogP contribution in [0.4, 0.5) is 0 Å².